The van der Waals surface area contributed by atoms with Gasteiger partial charge in [-0.1, -0.05) is 30.3 Å². The van der Waals surface area contributed by atoms with Gasteiger partial charge >= 0.3 is 0 Å². The molecule has 2 aromatic rings. The molecule has 24 heavy (non-hydrogen) atoms. The monoisotopic (exact) mass is 321 g/mol. The van der Waals surface area contributed by atoms with E-state index in [1.807, 2.05) is 23.2 Å². The fraction of sp³-hybridized carbons (Fsp3) is 0.400. The average Bonchev–Trinajstić information content (AvgIpc) is 3.16. The van der Waals surface area contributed by atoms with Crippen LogP contribution in [0.2, 0.25) is 0 Å². The van der Waals surface area contributed by atoms with Crippen LogP contribution in [0.1, 0.15) is 35.6 Å². The summed E-state index contributed by atoms with van der Waals surface area (Å²) >= 11 is 0. The highest BCUT2D eigenvalue weighted by molar-refractivity contribution is 5.83. The molecule has 1 aromatic carbocycles. The smallest absolute Gasteiger partial charge is 0.244 e. The Morgan fingerprint density at radius 2 is 1.79 bits per heavy atom. The van der Waals surface area contributed by atoms with Crippen LogP contribution in [0.5, 0.6) is 0 Å². The molecule has 1 amide bonds. The molecule has 4 nitrogen and oxygen atoms in total. The Hall–Kier alpha value is -2.20. The second kappa shape index (κ2) is 6.73. The summed E-state index contributed by atoms with van der Waals surface area (Å²) in [6.45, 7) is 3.52. The predicted molar refractivity (Wildman–Crippen MR) is 93.3 cm³/mol. The van der Waals surface area contributed by atoms with Crippen molar-refractivity contribution < 1.29 is 4.79 Å². The lowest BCUT2D eigenvalue weighted by Crippen LogP contribution is -2.44. The Morgan fingerprint density at radius 3 is 2.54 bits per heavy atom. The molecule has 4 rings (SSSR count). The molecule has 1 fully saturated rings. The zero-order chi connectivity index (χ0) is 16.4. The minimum Gasteiger partial charge on any atom is -0.336 e. The molecule has 0 spiro atoms. The number of aromatic nitrogens is 1. The third kappa shape index (κ3) is 2.94. The lowest BCUT2D eigenvalue weighted by atomic mass is 9.98. The van der Waals surface area contributed by atoms with Crippen molar-refractivity contribution >= 4 is 5.91 Å². The van der Waals surface area contributed by atoms with Crippen LogP contribution in [-0.4, -0.2) is 40.3 Å². The molecule has 1 atom stereocenters. The number of likely N-dealkylation sites (tertiary alicyclic amines) is 1. The van der Waals surface area contributed by atoms with Crippen molar-refractivity contribution in [3.63, 3.8) is 0 Å². The van der Waals surface area contributed by atoms with Crippen LogP contribution in [0.25, 0.3) is 0 Å². The molecule has 0 bridgehead atoms. The zero-order valence-corrected chi connectivity index (χ0v) is 13.9. The molecule has 0 aliphatic carbocycles. The summed E-state index contributed by atoms with van der Waals surface area (Å²) in [5, 5.41) is 0. The lowest BCUT2D eigenvalue weighted by Gasteiger charge is -2.35. The first-order valence-corrected chi connectivity index (χ1v) is 8.82. The molecule has 1 saturated heterocycles. The Morgan fingerprint density at radius 1 is 1.00 bits per heavy atom. The number of amides is 1. The van der Waals surface area contributed by atoms with Gasteiger partial charge in [0.2, 0.25) is 5.91 Å². The van der Waals surface area contributed by atoms with Gasteiger partial charge in [0.1, 0.15) is 6.04 Å². The first-order chi connectivity index (χ1) is 11.8. The van der Waals surface area contributed by atoms with Gasteiger partial charge in [-0.3, -0.25) is 14.7 Å². The summed E-state index contributed by atoms with van der Waals surface area (Å²) < 4.78 is 0. The van der Waals surface area contributed by atoms with Gasteiger partial charge in [-0.05, 0) is 55.1 Å². The van der Waals surface area contributed by atoms with Crippen molar-refractivity contribution in [2.75, 3.05) is 19.6 Å². The summed E-state index contributed by atoms with van der Waals surface area (Å²) in [5.41, 5.74) is 3.67. The molecule has 2 aliphatic rings. The van der Waals surface area contributed by atoms with E-state index in [4.69, 9.17) is 0 Å². The Kier molecular flexibility index (Phi) is 4.30. The molecule has 124 valence electrons. The quantitative estimate of drug-likeness (QED) is 0.872. The minimum absolute atomic E-state index is 0.188. The molecular formula is C20H23N3O. The number of rotatable bonds is 3. The second-order valence-corrected chi connectivity index (χ2v) is 6.71. The van der Waals surface area contributed by atoms with E-state index in [-0.39, 0.29) is 11.9 Å². The minimum atomic E-state index is -0.188. The number of pyridine rings is 1. The van der Waals surface area contributed by atoms with Crippen LogP contribution in [0, 0.1) is 0 Å². The fourth-order valence-electron chi connectivity index (χ4n) is 3.90. The summed E-state index contributed by atoms with van der Waals surface area (Å²) in [6.07, 6.45) is 6.91. The third-order valence-corrected chi connectivity index (χ3v) is 5.18. The van der Waals surface area contributed by atoms with E-state index < -0.39 is 0 Å². The van der Waals surface area contributed by atoms with Gasteiger partial charge in [0.15, 0.2) is 0 Å². The van der Waals surface area contributed by atoms with Crippen LogP contribution < -0.4 is 0 Å². The Bertz CT molecular complexity index is 710. The fourth-order valence-corrected chi connectivity index (χ4v) is 3.90. The molecule has 2 aliphatic heterocycles. The molecule has 1 aromatic heterocycles. The third-order valence-electron chi connectivity index (χ3n) is 5.18. The van der Waals surface area contributed by atoms with Crippen LogP contribution >= 0.6 is 0 Å². The van der Waals surface area contributed by atoms with E-state index >= 15 is 0 Å². The van der Waals surface area contributed by atoms with Crippen LogP contribution in [0.4, 0.5) is 0 Å². The molecular weight excluding hydrogens is 298 g/mol. The maximum absolute atomic E-state index is 13.4. The SMILES string of the molecule is O=C([C@@H](c1cccnc1)N1CCCC1)N1CCc2ccccc2C1. The second-order valence-electron chi connectivity index (χ2n) is 6.71. The van der Waals surface area contributed by atoms with Crippen molar-refractivity contribution in [1.29, 1.82) is 0 Å². The van der Waals surface area contributed by atoms with Gasteiger partial charge in [-0.25, -0.2) is 0 Å². The summed E-state index contributed by atoms with van der Waals surface area (Å²) in [5.74, 6) is 0.222. The summed E-state index contributed by atoms with van der Waals surface area (Å²) in [6, 6.07) is 12.2. The average molecular weight is 321 g/mol. The number of carbonyl (C=O) groups is 1. The van der Waals surface area contributed by atoms with Crippen molar-refractivity contribution in [3.05, 3.63) is 65.5 Å². The lowest BCUT2D eigenvalue weighted by molar-refractivity contribution is -0.138. The first-order valence-electron chi connectivity index (χ1n) is 8.82. The number of nitrogens with zero attached hydrogens (tertiary/aromatic N) is 3. The van der Waals surface area contributed by atoms with E-state index in [2.05, 4.69) is 34.1 Å². The highest BCUT2D eigenvalue weighted by atomic mass is 16.2. The topological polar surface area (TPSA) is 36.4 Å². The van der Waals surface area contributed by atoms with E-state index in [0.717, 1.165) is 38.2 Å². The largest absolute Gasteiger partial charge is 0.336 e. The summed E-state index contributed by atoms with van der Waals surface area (Å²) in [7, 11) is 0. The van der Waals surface area contributed by atoms with Gasteiger partial charge in [0.25, 0.3) is 0 Å². The number of fused-ring (bicyclic) bond motifs is 1. The Labute approximate surface area is 143 Å². The Balaban J connectivity index is 1.60. The summed E-state index contributed by atoms with van der Waals surface area (Å²) in [4.78, 5) is 21.9. The van der Waals surface area contributed by atoms with Crippen LogP contribution in [-0.2, 0) is 17.8 Å². The van der Waals surface area contributed by atoms with Crippen LogP contribution in [0.3, 0.4) is 0 Å². The normalized spacial score (nSPS) is 19.1. The van der Waals surface area contributed by atoms with Crippen molar-refractivity contribution in [3.8, 4) is 0 Å². The van der Waals surface area contributed by atoms with E-state index in [0.29, 0.717) is 0 Å². The van der Waals surface area contributed by atoms with Gasteiger partial charge in [-0.2, -0.15) is 0 Å². The molecule has 0 N–H and O–H groups in total. The van der Waals surface area contributed by atoms with E-state index in [9.17, 15) is 4.79 Å². The first kappa shape index (κ1) is 15.3. The number of benzene rings is 1. The number of hydrogen-bond acceptors (Lipinski definition) is 3. The molecule has 3 heterocycles. The van der Waals surface area contributed by atoms with Crippen LogP contribution in [0.15, 0.2) is 48.8 Å². The van der Waals surface area contributed by atoms with Crippen molar-refractivity contribution in [2.45, 2.75) is 31.8 Å². The standard InChI is InChI=1S/C20H23N3O/c24-20(23-13-9-16-6-1-2-7-18(16)15-23)19(22-11-3-4-12-22)17-8-5-10-21-14-17/h1-2,5-8,10,14,19H,3-4,9,11-13,15H2/t19-/m1/s1. The highest BCUT2D eigenvalue weighted by Gasteiger charge is 2.34. The molecule has 0 unspecified atom stereocenters. The molecule has 0 saturated carbocycles. The van der Waals surface area contributed by atoms with Crippen molar-refractivity contribution in [1.82, 2.24) is 14.8 Å². The predicted octanol–water partition coefficient (Wildman–Crippen LogP) is 2.80. The van der Waals surface area contributed by atoms with E-state index in [1.165, 1.54) is 24.0 Å². The van der Waals surface area contributed by atoms with Crippen molar-refractivity contribution in [2.24, 2.45) is 0 Å². The maximum atomic E-state index is 13.4. The zero-order valence-electron chi connectivity index (χ0n) is 13.9. The van der Waals surface area contributed by atoms with Gasteiger partial charge < -0.3 is 4.90 Å². The number of carbonyl (C=O) groups excluding carboxylic acids is 1. The molecule has 0 radical (unpaired) electrons. The highest BCUT2D eigenvalue weighted by Crippen LogP contribution is 2.29. The maximum Gasteiger partial charge on any atom is 0.244 e. The molecule has 4 heteroatoms. The van der Waals surface area contributed by atoms with E-state index in [1.54, 1.807) is 6.20 Å². The van der Waals surface area contributed by atoms with Gasteiger partial charge in [0, 0.05) is 25.5 Å². The van der Waals surface area contributed by atoms with Gasteiger partial charge in [0.05, 0.1) is 0 Å². The number of hydrogen-bond donors (Lipinski definition) is 0. The van der Waals surface area contributed by atoms with Gasteiger partial charge in [-0.15, -0.1) is 0 Å².